The number of piperazine rings is 1. The first-order valence-corrected chi connectivity index (χ1v) is 6.67. The number of nitro benzene ring substituents is 1. The fourth-order valence-corrected chi connectivity index (χ4v) is 2.60. The average Bonchev–Trinajstić information content (AvgIpc) is 2.36. The Bertz CT molecular complexity index is 560. The molecule has 1 heterocycles. The van der Waals surface area contributed by atoms with E-state index in [0.29, 0.717) is 19.6 Å². The molecule has 0 spiro atoms. The Balaban J connectivity index is 2.36. The molecule has 2 rings (SSSR count). The molecule has 0 atom stereocenters. The molecule has 1 N–H and O–H groups in total. The minimum Gasteiger partial charge on any atom is -0.335 e. The first-order chi connectivity index (χ1) is 9.32. The lowest BCUT2D eigenvalue weighted by atomic mass is 10.0. The van der Waals surface area contributed by atoms with Gasteiger partial charge in [0.25, 0.3) is 11.6 Å². The molecular formula is C13H16ClN3O3. The van der Waals surface area contributed by atoms with E-state index in [0.717, 1.165) is 0 Å². The molecule has 0 radical (unpaired) electrons. The van der Waals surface area contributed by atoms with Gasteiger partial charge in [0.1, 0.15) is 5.56 Å². The predicted molar refractivity (Wildman–Crippen MR) is 76.1 cm³/mol. The summed E-state index contributed by atoms with van der Waals surface area (Å²) in [6, 6.07) is 4.26. The van der Waals surface area contributed by atoms with Crippen molar-refractivity contribution in [2.45, 2.75) is 19.4 Å². The zero-order valence-electron chi connectivity index (χ0n) is 11.4. The lowest BCUT2D eigenvalue weighted by Crippen LogP contribution is -2.58. The topological polar surface area (TPSA) is 75.5 Å². The molecular weight excluding hydrogens is 282 g/mol. The van der Waals surface area contributed by atoms with Crippen molar-refractivity contribution in [3.63, 3.8) is 0 Å². The number of amides is 1. The average molecular weight is 298 g/mol. The second-order valence-corrected chi connectivity index (χ2v) is 5.84. The third kappa shape index (κ3) is 2.91. The van der Waals surface area contributed by atoms with Crippen molar-refractivity contribution in [2.24, 2.45) is 0 Å². The van der Waals surface area contributed by atoms with E-state index in [1.165, 1.54) is 18.2 Å². The lowest BCUT2D eigenvalue weighted by Gasteiger charge is -2.39. The van der Waals surface area contributed by atoms with Crippen LogP contribution in [-0.2, 0) is 0 Å². The second kappa shape index (κ2) is 5.38. The zero-order valence-corrected chi connectivity index (χ0v) is 12.1. The van der Waals surface area contributed by atoms with Crippen molar-refractivity contribution < 1.29 is 9.72 Å². The number of carbonyl (C=O) groups excluding carboxylic acids is 1. The fourth-order valence-electron chi connectivity index (χ4n) is 2.35. The molecule has 1 aromatic rings. The van der Waals surface area contributed by atoms with Crippen molar-refractivity contribution in [1.82, 2.24) is 10.2 Å². The molecule has 0 aromatic heterocycles. The number of rotatable bonds is 2. The summed E-state index contributed by atoms with van der Waals surface area (Å²) < 4.78 is 0. The van der Waals surface area contributed by atoms with Crippen LogP contribution in [0.1, 0.15) is 24.2 Å². The summed E-state index contributed by atoms with van der Waals surface area (Å²) in [6.07, 6.45) is 0. The van der Waals surface area contributed by atoms with E-state index >= 15 is 0 Å². The smallest absolute Gasteiger partial charge is 0.283 e. The van der Waals surface area contributed by atoms with Crippen LogP contribution in [0.2, 0.25) is 5.02 Å². The molecule has 1 aromatic carbocycles. The van der Waals surface area contributed by atoms with Gasteiger partial charge >= 0.3 is 0 Å². The molecule has 0 unspecified atom stereocenters. The van der Waals surface area contributed by atoms with Crippen LogP contribution in [0, 0.1) is 10.1 Å². The van der Waals surface area contributed by atoms with Crippen LogP contribution in [0.5, 0.6) is 0 Å². The third-order valence-corrected chi connectivity index (χ3v) is 3.58. The second-order valence-electron chi connectivity index (χ2n) is 5.43. The van der Waals surface area contributed by atoms with E-state index in [1.807, 2.05) is 13.8 Å². The standard InChI is InChI=1S/C13H16ClN3O3/c1-13(2)8-16(7-6-15-13)12(18)11-9(14)4-3-5-10(11)17(19)20/h3-5,15H,6-8H2,1-2H3. The highest BCUT2D eigenvalue weighted by molar-refractivity contribution is 6.34. The number of nitrogens with zero attached hydrogens (tertiary/aromatic N) is 2. The first-order valence-electron chi connectivity index (χ1n) is 6.29. The van der Waals surface area contributed by atoms with Crippen LogP contribution in [0.4, 0.5) is 5.69 Å². The van der Waals surface area contributed by atoms with Gasteiger partial charge in [0, 0.05) is 31.2 Å². The Hall–Kier alpha value is -1.66. The SMILES string of the molecule is CC1(C)CN(C(=O)c2c(Cl)cccc2[N+](=O)[O-])CCN1. The van der Waals surface area contributed by atoms with Gasteiger partial charge in [-0.3, -0.25) is 14.9 Å². The number of nitrogens with one attached hydrogen (secondary N) is 1. The number of carbonyl (C=O) groups is 1. The van der Waals surface area contributed by atoms with E-state index < -0.39 is 10.8 Å². The Labute approximate surface area is 121 Å². The summed E-state index contributed by atoms with van der Waals surface area (Å²) in [5, 5.41) is 14.4. The van der Waals surface area contributed by atoms with Crippen LogP contribution >= 0.6 is 11.6 Å². The quantitative estimate of drug-likeness (QED) is 0.670. The van der Waals surface area contributed by atoms with Crippen molar-refractivity contribution in [3.05, 3.63) is 38.9 Å². The molecule has 0 bridgehead atoms. The maximum Gasteiger partial charge on any atom is 0.283 e. The van der Waals surface area contributed by atoms with Gasteiger partial charge in [0.05, 0.1) is 9.95 Å². The lowest BCUT2D eigenvalue weighted by molar-refractivity contribution is -0.385. The molecule has 1 aliphatic rings. The summed E-state index contributed by atoms with van der Waals surface area (Å²) in [6.45, 7) is 5.59. The van der Waals surface area contributed by atoms with E-state index in [2.05, 4.69) is 5.32 Å². The molecule has 6 nitrogen and oxygen atoms in total. The number of hydrogen-bond acceptors (Lipinski definition) is 4. The van der Waals surface area contributed by atoms with E-state index in [4.69, 9.17) is 11.6 Å². The highest BCUT2D eigenvalue weighted by Crippen LogP contribution is 2.28. The monoisotopic (exact) mass is 297 g/mol. The Morgan fingerprint density at radius 2 is 2.20 bits per heavy atom. The number of benzene rings is 1. The van der Waals surface area contributed by atoms with Gasteiger partial charge in [0.2, 0.25) is 0 Å². The molecule has 0 saturated carbocycles. The van der Waals surface area contributed by atoms with Crippen molar-refractivity contribution in [3.8, 4) is 0 Å². The van der Waals surface area contributed by atoms with Crippen LogP contribution in [0.3, 0.4) is 0 Å². The number of nitro groups is 1. The Kier molecular flexibility index (Phi) is 3.96. The third-order valence-electron chi connectivity index (χ3n) is 3.26. The van der Waals surface area contributed by atoms with Gasteiger partial charge in [-0.05, 0) is 19.9 Å². The van der Waals surface area contributed by atoms with Crippen LogP contribution in [0.15, 0.2) is 18.2 Å². The van der Waals surface area contributed by atoms with Gasteiger partial charge in [0.15, 0.2) is 0 Å². The molecule has 1 aliphatic heterocycles. The van der Waals surface area contributed by atoms with E-state index in [1.54, 1.807) is 4.90 Å². The summed E-state index contributed by atoms with van der Waals surface area (Å²) in [4.78, 5) is 24.6. The highest BCUT2D eigenvalue weighted by Gasteiger charge is 2.33. The maximum absolute atomic E-state index is 12.5. The molecule has 108 valence electrons. The van der Waals surface area contributed by atoms with Gasteiger partial charge in [-0.2, -0.15) is 0 Å². The summed E-state index contributed by atoms with van der Waals surface area (Å²) in [5.41, 5.74) is -0.500. The minimum absolute atomic E-state index is 0.0307. The van der Waals surface area contributed by atoms with Gasteiger partial charge < -0.3 is 10.2 Å². The van der Waals surface area contributed by atoms with Gasteiger partial charge in [-0.25, -0.2) is 0 Å². The van der Waals surface area contributed by atoms with Crippen molar-refractivity contribution in [1.29, 1.82) is 0 Å². The van der Waals surface area contributed by atoms with Crippen LogP contribution in [0.25, 0.3) is 0 Å². The number of halogens is 1. The fraction of sp³-hybridized carbons (Fsp3) is 0.462. The summed E-state index contributed by atoms with van der Waals surface area (Å²) in [5.74, 6) is -0.392. The molecule has 20 heavy (non-hydrogen) atoms. The van der Waals surface area contributed by atoms with E-state index in [9.17, 15) is 14.9 Å². The first kappa shape index (κ1) is 14.7. The number of hydrogen-bond donors (Lipinski definition) is 1. The molecule has 1 fully saturated rings. The normalized spacial score (nSPS) is 17.9. The molecule has 1 saturated heterocycles. The minimum atomic E-state index is -0.577. The molecule has 1 amide bonds. The van der Waals surface area contributed by atoms with Crippen molar-refractivity contribution in [2.75, 3.05) is 19.6 Å². The van der Waals surface area contributed by atoms with Gasteiger partial charge in [-0.1, -0.05) is 17.7 Å². The molecule has 7 heteroatoms. The molecule has 0 aliphatic carbocycles. The largest absolute Gasteiger partial charge is 0.335 e. The zero-order chi connectivity index (χ0) is 14.9. The van der Waals surface area contributed by atoms with Crippen LogP contribution in [-0.4, -0.2) is 40.9 Å². The Morgan fingerprint density at radius 3 is 2.80 bits per heavy atom. The summed E-state index contributed by atoms with van der Waals surface area (Å²) in [7, 11) is 0. The highest BCUT2D eigenvalue weighted by atomic mass is 35.5. The predicted octanol–water partition coefficient (Wildman–Crippen LogP) is 2.07. The summed E-state index contributed by atoms with van der Waals surface area (Å²) >= 11 is 5.99. The van der Waals surface area contributed by atoms with Gasteiger partial charge in [-0.15, -0.1) is 0 Å². The van der Waals surface area contributed by atoms with Crippen LogP contribution < -0.4 is 5.32 Å². The Morgan fingerprint density at radius 1 is 1.50 bits per heavy atom. The van der Waals surface area contributed by atoms with E-state index in [-0.39, 0.29) is 21.8 Å². The maximum atomic E-state index is 12.5. The van der Waals surface area contributed by atoms with Crippen molar-refractivity contribution >= 4 is 23.2 Å².